The maximum Gasteiger partial charge on any atom is 0.205 e. The zero-order chi connectivity index (χ0) is 18.8. The van der Waals surface area contributed by atoms with E-state index in [0.29, 0.717) is 18.2 Å². The molecule has 0 amide bonds. The van der Waals surface area contributed by atoms with Crippen molar-refractivity contribution >= 4 is 28.6 Å². The lowest BCUT2D eigenvalue weighted by molar-refractivity contribution is 0.171. The van der Waals surface area contributed by atoms with Crippen molar-refractivity contribution in [1.29, 1.82) is 0 Å². The fourth-order valence-electron chi connectivity index (χ4n) is 2.84. The van der Waals surface area contributed by atoms with Crippen molar-refractivity contribution in [2.45, 2.75) is 6.92 Å². The first-order valence-electron chi connectivity index (χ1n) is 8.50. The minimum absolute atomic E-state index is 0.561. The van der Waals surface area contributed by atoms with Gasteiger partial charge in [0.2, 0.25) is 4.80 Å². The molecule has 1 aliphatic heterocycles. The maximum absolute atomic E-state index is 6.02. The lowest BCUT2D eigenvalue weighted by Gasteiger charge is -2.18. The summed E-state index contributed by atoms with van der Waals surface area (Å²) in [4.78, 5) is 5.17. The number of benzene rings is 2. The molecule has 3 aromatic rings. The number of hydrogen-bond acceptors (Lipinski definition) is 5. The number of hydrogen-bond donors (Lipinski definition) is 0. The van der Waals surface area contributed by atoms with E-state index >= 15 is 0 Å². The quantitative estimate of drug-likeness (QED) is 0.611. The van der Waals surface area contributed by atoms with E-state index in [1.807, 2.05) is 59.4 Å². The van der Waals surface area contributed by atoms with Crippen molar-refractivity contribution in [2.75, 3.05) is 20.3 Å². The lowest BCUT2D eigenvalue weighted by atomic mass is 10.1. The molecular weight excluding hydrogens is 382 g/mol. The van der Waals surface area contributed by atoms with E-state index in [4.69, 9.17) is 26.2 Å². The Morgan fingerprint density at radius 1 is 1.07 bits per heavy atom. The summed E-state index contributed by atoms with van der Waals surface area (Å²) in [6.45, 7) is 3.11. The Hall–Kier alpha value is -2.57. The van der Waals surface area contributed by atoms with E-state index in [1.54, 1.807) is 18.4 Å². The highest BCUT2D eigenvalue weighted by Gasteiger charge is 2.13. The van der Waals surface area contributed by atoms with Crippen molar-refractivity contribution in [3.8, 4) is 22.8 Å². The minimum atomic E-state index is 0.561. The summed E-state index contributed by atoms with van der Waals surface area (Å²) in [6.07, 6.45) is 0. The Morgan fingerprint density at radius 2 is 1.81 bits per heavy atom. The van der Waals surface area contributed by atoms with Crippen molar-refractivity contribution < 1.29 is 9.47 Å². The van der Waals surface area contributed by atoms with Crippen LogP contribution in [0.4, 0.5) is 0 Å². The minimum Gasteiger partial charge on any atom is -0.486 e. The van der Waals surface area contributed by atoms with Crippen molar-refractivity contribution in [1.82, 2.24) is 4.68 Å². The Bertz CT molecular complexity index is 1070. The van der Waals surface area contributed by atoms with Gasteiger partial charge in [-0.05, 0) is 37.3 Å². The van der Waals surface area contributed by atoms with E-state index in [2.05, 4.69) is 4.99 Å². The second-order valence-electron chi connectivity index (χ2n) is 5.99. The molecule has 0 bridgehead atoms. The molecule has 2 aromatic carbocycles. The highest BCUT2D eigenvalue weighted by molar-refractivity contribution is 7.07. The number of halogens is 1. The van der Waals surface area contributed by atoms with Gasteiger partial charge in [0.25, 0.3) is 0 Å². The number of fused-ring (bicyclic) bond motifs is 1. The van der Waals surface area contributed by atoms with Crippen molar-refractivity contribution in [3.63, 3.8) is 0 Å². The van der Waals surface area contributed by atoms with Crippen LogP contribution in [0.3, 0.4) is 0 Å². The van der Waals surface area contributed by atoms with Crippen LogP contribution in [0, 0.1) is 0 Å². The van der Waals surface area contributed by atoms with Crippen LogP contribution >= 0.6 is 22.9 Å². The normalized spacial score (nSPS) is 14.5. The number of aromatic nitrogens is 1. The fourth-order valence-corrected chi connectivity index (χ4v) is 3.77. The molecule has 0 N–H and O–H groups in total. The van der Waals surface area contributed by atoms with Crippen LogP contribution in [0.1, 0.15) is 12.5 Å². The standard InChI is InChI=1S/C20H18ClN3O2S/c1-13(15-5-8-18-19(11-15)26-10-9-25-18)23-24-17(12-27-20(24)22-2)14-3-6-16(21)7-4-14/h3-8,11-12H,9-10H2,1-2H3. The molecule has 138 valence electrons. The van der Waals surface area contributed by atoms with Gasteiger partial charge in [0.05, 0.1) is 11.4 Å². The molecule has 0 atom stereocenters. The number of nitrogens with zero attached hydrogens (tertiary/aromatic N) is 3. The van der Waals surface area contributed by atoms with Gasteiger partial charge in [0, 0.05) is 28.6 Å². The zero-order valence-electron chi connectivity index (χ0n) is 15.0. The van der Waals surface area contributed by atoms with Gasteiger partial charge < -0.3 is 9.47 Å². The predicted octanol–water partition coefficient (Wildman–Crippen LogP) is 4.44. The van der Waals surface area contributed by atoms with E-state index < -0.39 is 0 Å². The Labute approximate surface area is 166 Å². The van der Waals surface area contributed by atoms with Gasteiger partial charge in [-0.25, -0.2) is 4.68 Å². The molecule has 7 heteroatoms. The Kier molecular flexibility index (Phi) is 5.01. The molecular formula is C20H18ClN3O2S. The summed E-state index contributed by atoms with van der Waals surface area (Å²) < 4.78 is 13.1. The smallest absolute Gasteiger partial charge is 0.205 e. The fraction of sp³-hybridized carbons (Fsp3) is 0.200. The second kappa shape index (κ2) is 7.58. The first-order chi connectivity index (χ1) is 13.2. The number of rotatable bonds is 3. The second-order valence-corrected chi connectivity index (χ2v) is 7.26. The van der Waals surface area contributed by atoms with E-state index in [-0.39, 0.29) is 0 Å². The molecule has 1 aliphatic rings. The van der Waals surface area contributed by atoms with Crippen LogP contribution < -0.4 is 14.3 Å². The molecule has 0 saturated carbocycles. The predicted molar refractivity (Wildman–Crippen MR) is 109 cm³/mol. The third-order valence-corrected chi connectivity index (χ3v) is 5.39. The molecule has 0 radical (unpaired) electrons. The van der Waals surface area contributed by atoms with Gasteiger partial charge in [0.1, 0.15) is 13.2 Å². The highest BCUT2D eigenvalue weighted by Crippen LogP contribution is 2.31. The van der Waals surface area contributed by atoms with E-state index in [0.717, 1.165) is 38.8 Å². The largest absolute Gasteiger partial charge is 0.486 e. The highest BCUT2D eigenvalue weighted by atomic mass is 35.5. The van der Waals surface area contributed by atoms with Gasteiger partial charge in [-0.1, -0.05) is 23.7 Å². The summed E-state index contributed by atoms with van der Waals surface area (Å²) in [7, 11) is 1.77. The lowest BCUT2D eigenvalue weighted by Crippen LogP contribution is -2.16. The van der Waals surface area contributed by atoms with Gasteiger partial charge in [-0.2, -0.15) is 5.10 Å². The zero-order valence-corrected chi connectivity index (χ0v) is 16.5. The topological polar surface area (TPSA) is 48.1 Å². The first kappa shape index (κ1) is 17.8. The average molecular weight is 400 g/mol. The van der Waals surface area contributed by atoms with Gasteiger partial charge >= 0.3 is 0 Å². The average Bonchev–Trinajstić information content (AvgIpc) is 3.10. The monoisotopic (exact) mass is 399 g/mol. The third kappa shape index (κ3) is 3.63. The van der Waals surface area contributed by atoms with Gasteiger partial charge in [-0.3, -0.25) is 4.99 Å². The van der Waals surface area contributed by atoms with Gasteiger partial charge in [0.15, 0.2) is 11.5 Å². The summed E-state index contributed by atoms with van der Waals surface area (Å²) in [6, 6.07) is 13.6. The molecule has 0 spiro atoms. The summed E-state index contributed by atoms with van der Waals surface area (Å²) in [5.41, 5.74) is 3.83. The molecule has 0 aliphatic carbocycles. The molecule has 4 rings (SSSR count). The molecule has 0 fully saturated rings. The van der Waals surface area contributed by atoms with E-state index in [1.165, 1.54) is 0 Å². The molecule has 0 saturated heterocycles. The molecule has 5 nitrogen and oxygen atoms in total. The van der Waals surface area contributed by atoms with Crippen LogP contribution in [0.5, 0.6) is 11.5 Å². The molecule has 2 heterocycles. The van der Waals surface area contributed by atoms with Crippen LogP contribution in [0.2, 0.25) is 5.02 Å². The number of ether oxygens (including phenoxy) is 2. The molecule has 1 aromatic heterocycles. The first-order valence-corrected chi connectivity index (χ1v) is 9.76. The Balaban J connectivity index is 1.77. The number of thiazole rings is 1. The summed E-state index contributed by atoms with van der Waals surface area (Å²) in [5.74, 6) is 1.52. The van der Waals surface area contributed by atoms with Crippen LogP contribution in [-0.4, -0.2) is 30.6 Å². The van der Waals surface area contributed by atoms with Crippen molar-refractivity contribution in [3.05, 3.63) is 63.2 Å². The maximum atomic E-state index is 6.02. The van der Waals surface area contributed by atoms with Crippen LogP contribution in [-0.2, 0) is 0 Å². The van der Waals surface area contributed by atoms with Crippen LogP contribution in [0.25, 0.3) is 11.3 Å². The van der Waals surface area contributed by atoms with Crippen LogP contribution in [0.15, 0.2) is 57.9 Å². The van der Waals surface area contributed by atoms with Gasteiger partial charge in [-0.15, -0.1) is 11.3 Å². The van der Waals surface area contributed by atoms with E-state index in [9.17, 15) is 0 Å². The third-order valence-electron chi connectivity index (χ3n) is 4.23. The van der Waals surface area contributed by atoms with Crippen molar-refractivity contribution in [2.24, 2.45) is 10.1 Å². The summed E-state index contributed by atoms with van der Waals surface area (Å²) >= 11 is 7.57. The summed E-state index contributed by atoms with van der Waals surface area (Å²) in [5, 5.41) is 7.58. The SMILES string of the molecule is CN=c1scc(-c2ccc(Cl)cc2)n1N=C(C)c1ccc2c(c1)OCCO2. The Morgan fingerprint density at radius 3 is 2.56 bits per heavy atom. The molecule has 0 unspecified atom stereocenters. The molecule has 27 heavy (non-hydrogen) atoms.